The summed E-state index contributed by atoms with van der Waals surface area (Å²) in [4.78, 5) is 3.95. The van der Waals surface area contributed by atoms with Crippen molar-refractivity contribution in [2.24, 2.45) is 0 Å². The van der Waals surface area contributed by atoms with E-state index in [2.05, 4.69) is 10.3 Å². The van der Waals surface area contributed by atoms with Crippen molar-refractivity contribution in [3.8, 4) is 11.5 Å². The van der Waals surface area contributed by atoms with Crippen LogP contribution in [0.3, 0.4) is 0 Å². The number of rotatable bonds is 5. The molecule has 0 fully saturated rings. The molecule has 0 saturated carbocycles. The van der Waals surface area contributed by atoms with Gasteiger partial charge < -0.3 is 14.8 Å². The van der Waals surface area contributed by atoms with Crippen LogP contribution in [0.2, 0.25) is 10.0 Å². The van der Waals surface area contributed by atoms with E-state index in [1.165, 1.54) is 0 Å². The fraction of sp³-hybridized carbons (Fsp3) is 0.214. The quantitative estimate of drug-likeness (QED) is 0.905. The van der Waals surface area contributed by atoms with Crippen LogP contribution in [0, 0.1) is 0 Å². The van der Waals surface area contributed by atoms with E-state index in [9.17, 15) is 0 Å². The number of halogens is 2. The van der Waals surface area contributed by atoms with Crippen molar-refractivity contribution >= 4 is 28.9 Å². The van der Waals surface area contributed by atoms with E-state index in [1.807, 2.05) is 6.07 Å². The summed E-state index contributed by atoms with van der Waals surface area (Å²) in [7, 11) is 3.15. The third-order valence-corrected chi connectivity index (χ3v) is 3.44. The molecule has 1 heterocycles. The van der Waals surface area contributed by atoms with Crippen molar-refractivity contribution in [3.63, 3.8) is 0 Å². The average Bonchev–Trinajstić information content (AvgIpc) is 2.46. The maximum Gasteiger partial charge on any atom is 0.145 e. The molecule has 0 saturated heterocycles. The van der Waals surface area contributed by atoms with E-state index in [0.717, 1.165) is 11.3 Å². The van der Waals surface area contributed by atoms with Crippen molar-refractivity contribution < 1.29 is 9.47 Å². The minimum atomic E-state index is 0.511. The second-order valence-electron chi connectivity index (χ2n) is 4.01. The Balaban J connectivity index is 2.21. The highest BCUT2D eigenvalue weighted by Gasteiger charge is 2.10. The van der Waals surface area contributed by atoms with Crippen LogP contribution in [-0.4, -0.2) is 19.2 Å². The van der Waals surface area contributed by atoms with E-state index in [0.29, 0.717) is 28.1 Å². The van der Waals surface area contributed by atoms with Gasteiger partial charge in [-0.15, -0.1) is 0 Å². The lowest BCUT2D eigenvalue weighted by atomic mass is 10.2. The molecule has 1 aromatic heterocycles. The van der Waals surface area contributed by atoms with Gasteiger partial charge in [0, 0.05) is 25.0 Å². The molecule has 0 radical (unpaired) electrons. The molecule has 2 rings (SSSR count). The average molecular weight is 313 g/mol. The highest BCUT2D eigenvalue weighted by Crippen LogP contribution is 2.36. The number of nitrogens with zero attached hydrogens (tertiary/aromatic N) is 1. The summed E-state index contributed by atoms with van der Waals surface area (Å²) in [6, 6.07) is 5.35. The number of methoxy groups -OCH3 is 2. The Morgan fingerprint density at radius 2 is 1.85 bits per heavy atom. The summed E-state index contributed by atoms with van der Waals surface area (Å²) in [5, 5.41) is 4.36. The van der Waals surface area contributed by atoms with Crippen LogP contribution in [0.1, 0.15) is 5.56 Å². The maximum atomic E-state index is 6.11. The van der Waals surface area contributed by atoms with Crippen LogP contribution in [0.4, 0.5) is 5.69 Å². The number of aromatic nitrogens is 1. The molecule has 0 aliphatic carbocycles. The van der Waals surface area contributed by atoms with E-state index < -0.39 is 0 Å². The number of hydrogen-bond donors (Lipinski definition) is 1. The lowest BCUT2D eigenvalue weighted by Crippen LogP contribution is -2.02. The molecule has 1 aromatic carbocycles. The van der Waals surface area contributed by atoms with Gasteiger partial charge >= 0.3 is 0 Å². The van der Waals surface area contributed by atoms with Crippen LogP contribution in [0.25, 0.3) is 0 Å². The minimum absolute atomic E-state index is 0.511. The molecule has 0 unspecified atom stereocenters. The fourth-order valence-electron chi connectivity index (χ4n) is 1.74. The summed E-state index contributed by atoms with van der Waals surface area (Å²) < 4.78 is 10.5. The molecular weight excluding hydrogens is 299 g/mol. The largest absolute Gasteiger partial charge is 0.495 e. The number of benzene rings is 1. The van der Waals surface area contributed by atoms with Gasteiger partial charge in [-0.2, -0.15) is 0 Å². The zero-order valence-electron chi connectivity index (χ0n) is 11.1. The Hall–Kier alpha value is -1.65. The molecule has 1 N–H and O–H groups in total. The number of nitrogens with one attached hydrogen (secondary N) is 1. The topological polar surface area (TPSA) is 43.4 Å². The van der Waals surface area contributed by atoms with Gasteiger partial charge in [-0.1, -0.05) is 23.2 Å². The fourth-order valence-corrected chi connectivity index (χ4v) is 2.16. The SMILES string of the molecule is COc1cc(OC)c(NCc2ccncc2Cl)cc1Cl. The molecule has 0 aliphatic rings. The standard InChI is InChI=1S/C14H14Cl2N2O2/c1-19-13-6-14(20-2)12(5-10(13)15)18-7-9-3-4-17-8-11(9)16/h3-6,8,18H,7H2,1-2H3. The Bertz CT molecular complexity index is 606. The third kappa shape index (κ3) is 3.26. The molecule has 2 aromatic rings. The molecule has 0 atom stereocenters. The first-order chi connectivity index (χ1) is 9.65. The first kappa shape index (κ1) is 14.8. The van der Waals surface area contributed by atoms with Gasteiger partial charge in [-0.25, -0.2) is 0 Å². The van der Waals surface area contributed by atoms with E-state index >= 15 is 0 Å². The van der Waals surface area contributed by atoms with Gasteiger partial charge in [-0.05, 0) is 17.7 Å². The highest BCUT2D eigenvalue weighted by atomic mass is 35.5. The van der Waals surface area contributed by atoms with Crippen molar-refractivity contribution in [1.29, 1.82) is 0 Å². The van der Waals surface area contributed by atoms with Gasteiger partial charge in [0.25, 0.3) is 0 Å². The normalized spacial score (nSPS) is 10.2. The van der Waals surface area contributed by atoms with E-state index in [1.54, 1.807) is 38.7 Å². The first-order valence-electron chi connectivity index (χ1n) is 5.89. The predicted molar refractivity (Wildman–Crippen MR) is 81.1 cm³/mol. The number of anilines is 1. The number of ether oxygens (including phenoxy) is 2. The molecule has 6 heteroatoms. The molecule has 0 bridgehead atoms. The number of pyridine rings is 1. The summed E-state index contributed by atoms with van der Waals surface area (Å²) >= 11 is 12.2. The second kappa shape index (κ2) is 6.68. The third-order valence-electron chi connectivity index (χ3n) is 2.80. The van der Waals surface area contributed by atoms with Gasteiger partial charge in [-0.3, -0.25) is 4.98 Å². The van der Waals surface area contributed by atoms with E-state index in [-0.39, 0.29) is 0 Å². The predicted octanol–water partition coefficient (Wildman–Crippen LogP) is 4.02. The van der Waals surface area contributed by atoms with E-state index in [4.69, 9.17) is 32.7 Å². The minimum Gasteiger partial charge on any atom is -0.495 e. The van der Waals surface area contributed by atoms with Crippen LogP contribution in [0.5, 0.6) is 11.5 Å². The van der Waals surface area contributed by atoms with Crippen LogP contribution in [0.15, 0.2) is 30.6 Å². The molecular formula is C14H14Cl2N2O2. The van der Waals surface area contributed by atoms with Gasteiger partial charge in [0.05, 0.1) is 30.0 Å². The monoisotopic (exact) mass is 312 g/mol. The van der Waals surface area contributed by atoms with Crippen LogP contribution in [-0.2, 0) is 6.54 Å². The summed E-state index contributed by atoms with van der Waals surface area (Å²) in [6.45, 7) is 0.542. The van der Waals surface area contributed by atoms with Gasteiger partial charge in [0.1, 0.15) is 11.5 Å². The molecule has 4 nitrogen and oxygen atoms in total. The Labute approximate surface area is 127 Å². The molecule has 0 spiro atoms. The van der Waals surface area contributed by atoms with Crippen molar-refractivity contribution in [2.75, 3.05) is 19.5 Å². The lowest BCUT2D eigenvalue weighted by molar-refractivity contribution is 0.395. The smallest absolute Gasteiger partial charge is 0.145 e. The first-order valence-corrected chi connectivity index (χ1v) is 6.65. The maximum absolute atomic E-state index is 6.11. The number of hydrogen-bond acceptors (Lipinski definition) is 4. The summed E-state index contributed by atoms with van der Waals surface area (Å²) in [6.07, 6.45) is 3.30. The zero-order valence-corrected chi connectivity index (χ0v) is 12.6. The summed E-state index contributed by atoms with van der Waals surface area (Å²) in [5.74, 6) is 1.22. The molecule has 106 valence electrons. The Kier molecular flexibility index (Phi) is 4.93. The lowest BCUT2D eigenvalue weighted by Gasteiger charge is -2.14. The van der Waals surface area contributed by atoms with Crippen LogP contribution < -0.4 is 14.8 Å². The second-order valence-corrected chi connectivity index (χ2v) is 4.82. The highest BCUT2D eigenvalue weighted by molar-refractivity contribution is 6.32. The Morgan fingerprint density at radius 1 is 1.10 bits per heavy atom. The Morgan fingerprint density at radius 3 is 2.50 bits per heavy atom. The van der Waals surface area contributed by atoms with Crippen molar-refractivity contribution in [2.45, 2.75) is 6.54 Å². The molecule has 0 aliphatic heterocycles. The summed E-state index contributed by atoms with van der Waals surface area (Å²) in [5.41, 5.74) is 1.71. The zero-order chi connectivity index (χ0) is 14.5. The molecule has 20 heavy (non-hydrogen) atoms. The van der Waals surface area contributed by atoms with Crippen molar-refractivity contribution in [3.05, 3.63) is 46.2 Å². The van der Waals surface area contributed by atoms with Gasteiger partial charge in [0.2, 0.25) is 0 Å². The molecule has 0 amide bonds. The van der Waals surface area contributed by atoms with Crippen molar-refractivity contribution in [1.82, 2.24) is 4.98 Å². The van der Waals surface area contributed by atoms with Crippen LogP contribution >= 0.6 is 23.2 Å². The van der Waals surface area contributed by atoms with Gasteiger partial charge in [0.15, 0.2) is 0 Å².